The van der Waals surface area contributed by atoms with E-state index in [-0.39, 0.29) is 11.8 Å². The molecule has 1 unspecified atom stereocenters. The van der Waals surface area contributed by atoms with Crippen molar-refractivity contribution in [1.29, 1.82) is 5.26 Å². The average molecular weight is 288 g/mol. The number of carbonyl (C=O) groups excluding carboxylic acids is 1. The molecule has 0 saturated heterocycles. The van der Waals surface area contributed by atoms with Gasteiger partial charge in [-0.2, -0.15) is 5.26 Å². The first-order chi connectivity index (χ1) is 10.0. The van der Waals surface area contributed by atoms with Gasteiger partial charge < -0.3 is 10.2 Å². The summed E-state index contributed by atoms with van der Waals surface area (Å²) >= 11 is 0. The van der Waals surface area contributed by atoms with Crippen molar-refractivity contribution in [2.75, 3.05) is 25.0 Å². The number of nitrogens with one attached hydrogen (secondary N) is 1. The normalized spacial score (nSPS) is 11.6. The van der Waals surface area contributed by atoms with Crippen molar-refractivity contribution in [1.82, 2.24) is 9.88 Å². The Labute approximate surface area is 127 Å². The van der Waals surface area contributed by atoms with E-state index in [4.69, 9.17) is 5.26 Å². The number of aromatic nitrogens is 1. The third-order valence-electron chi connectivity index (χ3n) is 3.22. The highest BCUT2D eigenvalue weighted by molar-refractivity contribution is 5.99. The minimum atomic E-state index is -0.181. The van der Waals surface area contributed by atoms with Crippen molar-refractivity contribution >= 4 is 11.6 Å². The summed E-state index contributed by atoms with van der Waals surface area (Å²) in [5.74, 6) is -0.259. The fourth-order valence-electron chi connectivity index (χ4n) is 2.03. The Kier molecular flexibility index (Phi) is 6.67. The number of rotatable bonds is 7. The Balaban J connectivity index is 3.01. The second-order valence-corrected chi connectivity index (χ2v) is 5.17. The molecule has 1 aromatic rings. The van der Waals surface area contributed by atoms with Gasteiger partial charge in [-0.1, -0.05) is 6.92 Å². The van der Waals surface area contributed by atoms with Crippen LogP contribution in [0.5, 0.6) is 0 Å². The number of nitrogens with zero attached hydrogens (tertiary/aromatic N) is 3. The van der Waals surface area contributed by atoms with Crippen molar-refractivity contribution in [2.24, 2.45) is 5.92 Å². The molecule has 21 heavy (non-hydrogen) atoms. The van der Waals surface area contributed by atoms with Crippen molar-refractivity contribution in [2.45, 2.75) is 34.1 Å². The van der Waals surface area contributed by atoms with Crippen LogP contribution >= 0.6 is 0 Å². The zero-order valence-corrected chi connectivity index (χ0v) is 13.3. The van der Waals surface area contributed by atoms with Gasteiger partial charge in [0.1, 0.15) is 0 Å². The van der Waals surface area contributed by atoms with E-state index in [1.54, 1.807) is 11.1 Å². The van der Waals surface area contributed by atoms with Crippen LogP contribution in [0, 0.1) is 24.2 Å². The summed E-state index contributed by atoms with van der Waals surface area (Å²) in [6.45, 7) is 9.54. The number of nitriles is 1. The third kappa shape index (κ3) is 4.75. The van der Waals surface area contributed by atoms with Gasteiger partial charge in [0.25, 0.3) is 5.91 Å². The molecular weight excluding hydrogens is 264 g/mol. The lowest BCUT2D eigenvalue weighted by molar-refractivity contribution is 0.0753. The molecule has 114 valence electrons. The molecule has 1 N–H and O–H groups in total. The number of carbonyl (C=O) groups is 1. The van der Waals surface area contributed by atoms with Gasteiger partial charge in [0.05, 0.1) is 23.2 Å². The quantitative estimate of drug-likeness (QED) is 0.837. The Morgan fingerprint density at radius 3 is 2.81 bits per heavy atom. The van der Waals surface area contributed by atoms with Gasteiger partial charge in [-0.15, -0.1) is 0 Å². The summed E-state index contributed by atoms with van der Waals surface area (Å²) in [5, 5.41) is 12.2. The molecule has 1 rings (SSSR count). The first-order valence-corrected chi connectivity index (χ1v) is 7.42. The molecule has 1 atom stereocenters. The van der Waals surface area contributed by atoms with E-state index in [1.165, 1.54) is 0 Å². The molecule has 0 radical (unpaired) electrons. The zero-order valence-electron chi connectivity index (χ0n) is 13.3. The molecule has 0 aliphatic heterocycles. The zero-order chi connectivity index (χ0) is 15.8. The second-order valence-electron chi connectivity index (χ2n) is 5.17. The molecule has 0 aliphatic rings. The van der Waals surface area contributed by atoms with E-state index >= 15 is 0 Å². The van der Waals surface area contributed by atoms with Gasteiger partial charge in [-0.3, -0.25) is 9.78 Å². The number of hydrogen-bond donors (Lipinski definition) is 1. The smallest absolute Gasteiger partial charge is 0.257 e. The van der Waals surface area contributed by atoms with Gasteiger partial charge in [0, 0.05) is 31.5 Å². The Hall–Kier alpha value is -2.09. The highest BCUT2D eigenvalue weighted by Crippen LogP contribution is 2.18. The van der Waals surface area contributed by atoms with Crippen molar-refractivity contribution < 1.29 is 4.79 Å². The summed E-state index contributed by atoms with van der Waals surface area (Å²) in [7, 11) is 0. The maximum absolute atomic E-state index is 12.7. The van der Waals surface area contributed by atoms with Crippen LogP contribution in [0.1, 0.15) is 43.2 Å². The summed E-state index contributed by atoms with van der Waals surface area (Å²) in [5.41, 5.74) is 2.26. The summed E-state index contributed by atoms with van der Waals surface area (Å²) < 4.78 is 0. The van der Waals surface area contributed by atoms with E-state index < -0.39 is 0 Å². The molecule has 0 fully saturated rings. The molecule has 0 aliphatic carbocycles. The van der Waals surface area contributed by atoms with Crippen LogP contribution in [0.25, 0.3) is 0 Å². The van der Waals surface area contributed by atoms with Gasteiger partial charge >= 0.3 is 0 Å². The van der Waals surface area contributed by atoms with Crippen molar-refractivity contribution in [3.05, 3.63) is 23.5 Å². The van der Waals surface area contributed by atoms with Crippen LogP contribution in [-0.4, -0.2) is 35.4 Å². The fourth-order valence-corrected chi connectivity index (χ4v) is 2.03. The number of pyridine rings is 1. The Morgan fingerprint density at radius 1 is 1.52 bits per heavy atom. The van der Waals surface area contributed by atoms with Crippen LogP contribution in [0.4, 0.5) is 5.69 Å². The third-order valence-corrected chi connectivity index (χ3v) is 3.22. The highest BCUT2D eigenvalue weighted by atomic mass is 16.2. The predicted octanol–water partition coefficient (Wildman–Crippen LogP) is 2.83. The lowest BCUT2D eigenvalue weighted by atomic mass is 10.1. The highest BCUT2D eigenvalue weighted by Gasteiger charge is 2.20. The average Bonchev–Trinajstić information content (AvgIpc) is 2.49. The fraction of sp³-hybridized carbons (Fsp3) is 0.562. The summed E-state index contributed by atoms with van der Waals surface area (Å²) in [6, 6.07) is 4.06. The van der Waals surface area contributed by atoms with Crippen LogP contribution in [-0.2, 0) is 0 Å². The molecular formula is C16H24N4O. The van der Waals surface area contributed by atoms with Crippen molar-refractivity contribution in [3.8, 4) is 6.07 Å². The molecule has 5 heteroatoms. The first kappa shape index (κ1) is 17.0. The molecule has 5 nitrogen and oxygen atoms in total. The standard InChI is InChI=1S/C16H24N4O/c1-5-7-18-15-8-13(4)19-10-14(15)16(21)20(6-2)11-12(3)9-17/h8,10,12H,5-7,11H2,1-4H3,(H,18,19). The SMILES string of the molecule is CCCNc1cc(C)ncc1C(=O)N(CC)CC(C)C#N. The van der Waals surface area contributed by atoms with Crippen LogP contribution in [0.3, 0.4) is 0 Å². The van der Waals surface area contributed by atoms with Gasteiger partial charge in [-0.25, -0.2) is 0 Å². The van der Waals surface area contributed by atoms with Gasteiger partial charge in [0.15, 0.2) is 0 Å². The maximum atomic E-state index is 12.7. The molecule has 1 amide bonds. The molecule has 0 aromatic carbocycles. The minimum Gasteiger partial charge on any atom is -0.384 e. The summed E-state index contributed by atoms with van der Waals surface area (Å²) in [6.07, 6.45) is 2.60. The molecule has 0 spiro atoms. The monoisotopic (exact) mass is 288 g/mol. The Morgan fingerprint density at radius 2 is 2.24 bits per heavy atom. The molecule has 1 heterocycles. The first-order valence-electron chi connectivity index (χ1n) is 7.42. The molecule has 0 saturated carbocycles. The van der Waals surface area contributed by atoms with E-state index in [0.717, 1.165) is 24.3 Å². The lowest BCUT2D eigenvalue weighted by Crippen LogP contribution is -2.35. The Bertz CT molecular complexity index is 521. The van der Waals surface area contributed by atoms with E-state index in [9.17, 15) is 4.79 Å². The number of anilines is 1. The largest absolute Gasteiger partial charge is 0.384 e. The van der Waals surface area contributed by atoms with Crippen molar-refractivity contribution in [3.63, 3.8) is 0 Å². The van der Waals surface area contributed by atoms with E-state index in [2.05, 4.69) is 23.3 Å². The summed E-state index contributed by atoms with van der Waals surface area (Å²) in [4.78, 5) is 18.6. The van der Waals surface area contributed by atoms with E-state index in [1.807, 2.05) is 26.8 Å². The second kappa shape index (κ2) is 8.25. The van der Waals surface area contributed by atoms with Gasteiger partial charge in [-0.05, 0) is 33.3 Å². The van der Waals surface area contributed by atoms with Crippen LogP contribution in [0.15, 0.2) is 12.3 Å². The topological polar surface area (TPSA) is 69.0 Å². The lowest BCUT2D eigenvalue weighted by Gasteiger charge is -2.23. The number of amides is 1. The maximum Gasteiger partial charge on any atom is 0.257 e. The van der Waals surface area contributed by atoms with Crippen LogP contribution in [0.2, 0.25) is 0 Å². The molecule has 0 bridgehead atoms. The number of aryl methyl sites for hydroxylation is 1. The minimum absolute atomic E-state index is 0.0781. The van der Waals surface area contributed by atoms with E-state index in [0.29, 0.717) is 18.7 Å². The molecule has 1 aromatic heterocycles. The number of hydrogen-bond acceptors (Lipinski definition) is 4. The predicted molar refractivity (Wildman–Crippen MR) is 84.1 cm³/mol. The van der Waals surface area contributed by atoms with Gasteiger partial charge in [0.2, 0.25) is 0 Å². The van der Waals surface area contributed by atoms with Crippen LogP contribution < -0.4 is 5.32 Å².